The van der Waals surface area contributed by atoms with Crippen molar-refractivity contribution in [1.29, 1.82) is 0 Å². The van der Waals surface area contributed by atoms with E-state index in [1.807, 2.05) is 0 Å². The van der Waals surface area contributed by atoms with Gasteiger partial charge in [-0.3, -0.25) is 0 Å². The first-order valence-electron chi connectivity index (χ1n) is 6.17. The van der Waals surface area contributed by atoms with Gasteiger partial charge < -0.3 is 5.32 Å². The molecule has 1 aromatic heterocycles. The summed E-state index contributed by atoms with van der Waals surface area (Å²) in [5, 5.41) is 3.28. The zero-order valence-corrected chi connectivity index (χ0v) is 13.2. The number of thiophene rings is 1. The number of nitrogens with one attached hydrogen (secondary N) is 1. The average Bonchev–Trinajstić information content (AvgIpc) is 2.94. The molecule has 2 aliphatic heterocycles. The predicted molar refractivity (Wildman–Crippen MR) is 77.6 cm³/mol. The van der Waals surface area contributed by atoms with Crippen molar-refractivity contribution in [3.8, 4) is 0 Å². The molecule has 19 heavy (non-hydrogen) atoms. The molecule has 4 nitrogen and oxygen atoms in total. The first-order valence-corrected chi connectivity index (χ1v) is 9.19. The molecule has 8 heteroatoms. The van der Waals surface area contributed by atoms with E-state index in [-0.39, 0.29) is 15.3 Å². The predicted octanol–water partition coefficient (Wildman–Crippen LogP) is 2.43. The van der Waals surface area contributed by atoms with E-state index in [0.717, 1.165) is 37.3 Å². The van der Waals surface area contributed by atoms with Gasteiger partial charge >= 0.3 is 0 Å². The van der Waals surface area contributed by atoms with Crippen molar-refractivity contribution < 1.29 is 8.42 Å². The van der Waals surface area contributed by atoms with Gasteiger partial charge in [0.15, 0.2) is 0 Å². The summed E-state index contributed by atoms with van der Waals surface area (Å²) < 4.78 is 27.7. The summed E-state index contributed by atoms with van der Waals surface area (Å²) in [4.78, 5) is 0.150. The minimum Gasteiger partial charge on any atom is -0.315 e. The van der Waals surface area contributed by atoms with E-state index in [2.05, 4.69) is 5.32 Å². The Kier molecular flexibility index (Phi) is 3.83. The largest absolute Gasteiger partial charge is 0.315 e. The van der Waals surface area contributed by atoms with Gasteiger partial charge in [-0.2, -0.15) is 4.31 Å². The topological polar surface area (TPSA) is 49.4 Å². The lowest BCUT2D eigenvalue weighted by Gasteiger charge is -2.35. The van der Waals surface area contributed by atoms with Crippen molar-refractivity contribution in [3.63, 3.8) is 0 Å². The van der Waals surface area contributed by atoms with Crippen LogP contribution in [0.3, 0.4) is 0 Å². The number of nitrogens with zero attached hydrogens (tertiary/aromatic N) is 1. The quantitative estimate of drug-likeness (QED) is 0.899. The fourth-order valence-electron chi connectivity index (χ4n) is 2.95. The summed E-state index contributed by atoms with van der Waals surface area (Å²) in [7, 11) is -3.54. The molecule has 0 bridgehead atoms. The van der Waals surface area contributed by atoms with Gasteiger partial charge in [0, 0.05) is 19.1 Å². The highest BCUT2D eigenvalue weighted by atomic mass is 35.5. The molecule has 2 aliphatic rings. The second kappa shape index (κ2) is 5.16. The average molecular weight is 341 g/mol. The molecular weight excluding hydrogens is 327 g/mol. The third kappa shape index (κ3) is 2.43. The van der Waals surface area contributed by atoms with Crippen LogP contribution in [-0.2, 0) is 10.0 Å². The van der Waals surface area contributed by atoms with Crippen LogP contribution in [0.1, 0.15) is 12.8 Å². The summed E-state index contributed by atoms with van der Waals surface area (Å²) >= 11 is 13.0. The molecule has 106 valence electrons. The molecular formula is C11H14Cl2N2O2S2. The van der Waals surface area contributed by atoms with Gasteiger partial charge in [0.05, 0.1) is 4.34 Å². The van der Waals surface area contributed by atoms with Crippen LogP contribution in [0.5, 0.6) is 0 Å². The summed E-state index contributed by atoms with van der Waals surface area (Å²) in [5.41, 5.74) is 0. The third-order valence-electron chi connectivity index (χ3n) is 3.84. The first-order chi connectivity index (χ1) is 9.00. The second-order valence-electron chi connectivity index (χ2n) is 4.93. The number of sulfonamides is 1. The van der Waals surface area contributed by atoms with Gasteiger partial charge in [0.1, 0.15) is 9.23 Å². The molecule has 0 aliphatic carbocycles. The molecule has 2 saturated heterocycles. The minimum absolute atomic E-state index is 0.0495. The Morgan fingerprint density at radius 3 is 2.84 bits per heavy atom. The van der Waals surface area contributed by atoms with Crippen LogP contribution in [-0.4, -0.2) is 38.4 Å². The molecule has 1 aromatic rings. The Labute approximate surface area is 126 Å². The lowest BCUT2D eigenvalue weighted by molar-refractivity contribution is 0.217. The monoisotopic (exact) mass is 340 g/mol. The third-order valence-corrected chi connectivity index (χ3v) is 7.52. The maximum absolute atomic E-state index is 12.7. The van der Waals surface area contributed by atoms with Gasteiger partial charge in [-0.1, -0.05) is 23.2 Å². The van der Waals surface area contributed by atoms with Crippen LogP contribution < -0.4 is 5.32 Å². The summed E-state index contributed by atoms with van der Waals surface area (Å²) in [6, 6.07) is 1.50. The van der Waals surface area contributed by atoms with Crippen LogP contribution in [0, 0.1) is 5.92 Å². The molecule has 2 fully saturated rings. The van der Waals surface area contributed by atoms with Gasteiger partial charge in [-0.25, -0.2) is 8.42 Å². The van der Waals surface area contributed by atoms with Gasteiger partial charge in [0.2, 0.25) is 10.0 Å². The fourth-order valence-corrected chi connectivity index (χ4v) is 6.79. The van der Waals surface area contributed by atoms with E-state index in [4.69, 9.17) is 23.2 Å². The number of hydrogen-bond donors (Lipinski definition) is 1. The highest BCUT2D eigenvalue weighted by molar-refractivity contribution is 7.89. The highest BCUT2D eigenvalue weighted by Crippen LogP contribution is 2.38. The summed E-state index contributed by atoms with van der Waals surface area (Å²) in [5.74, 6) is 0.413. The van der Waals surface area contributed by atoms with Crippen molar-refractivity contribution in [1.82, 2.24) is 9.62 Å². The van der Waals surface area contributed by atoms with Crippen LogP contribution >= 0.6 is 34.5 Å². The lowest BCUT2D eigenvalue weighted by atomic mass is 9.94. The van der Waals surface area contributed by atoms with Crippen LogP contribution in [0.2, 0.25) is 8.67 Å². The first kappa shape index (κ1) is 14.1. The standard InChI is InChI=1S/C11H14Cl2N2O2S2/c12-10-4-9(11(13)18-10)19(16,17)15-3-1-2-7-5-14-6-8(7)15/h4,7-8,14H,1-3,5-6H2. The molecule has 0 radical (unpaired) electrons. The number of piperidine rings is 1. The maximum atomic E-state index is 12.7. The Morgan fingerprint density at radius 2 is 2.16 bits per heavy atom. The van der Waals surface area contributed by atoms with Crippen LogP contribution in [0.25, 0.3) is 0 Å². The second-order valence-corrected chi connectivity index (χ2v) is 9.08. The molecule has 3 heterocycles. The van der Waals surface area contributed by atoms with Crippen molar-refractivity contribution >= 4 is 44.6 Å². The molecule has 2 unspecified atom stereocenters. The van der Waals surface area contributed by atoms with E-state index < -0.39 is 10.0 Å². The highest BCUT2D eigenvalue weighted by Gasteiger charge is 2.42. The van der Waals surface area contributed by atoms with E-state index >= 15 is 0 Å². The number of rotatable bonds is 2. The molecule has 3 rings (SSSR count). The maximum Gasteiger partial charge on any atom is 0.245 e. The van der Waals surface area contributed by atoms with Crippen molar-refractivity contribution in [2.24, 2.45) is 5.92 Å². The van der Waals surface area contributed by atoms with E-state index in [1.165, 1.54) is 6.07 Å². The molecule has 0 spiro atoms. The fraction of sp³-hybridized carbons (Fsp3) is 0.636. The Bertz CT molecular complexity index is 588. The van der Waals surface area contributed by atoms with Crippen molar-refractivity contribution in [3.05, 3.63) is 14.7 Å². The van der Waals surface area contributed by atoms with Crippen LogP contribution in [0.15, 0.2) is 11.0 Å². The number of halogens is 2. The Morgan fingerprint density at radius 1 is 1.37 bits per heavy atom. The van der Waals surface area contributed by atoms with Crippen molar-refractivity contribution in [2.75, 3.05) is 19.6 Å². The Hall–Kier alpha value is 0.150. The summed E-state index contributed by atoms with van der Waals surface area (Å²) in [6.45, 7) is 2.18. The summed E-state index contributed by atoms with van der Waals surface area (Å²) in [6.07, 6.45) is 1.99. The molecule has 0 aromatic carbocycles. The smallest absolute Gasteiger partial charge is 0.245 e. The van der Waals surface area contributed by atoms with Gasteiger partial charge in [-0.05, 0) is 31.4 Å². The number of fused-ring (bicyclic) bond motifs is 1. The molecule has 2 atom stereocenters. The minimum atomic E-state index is -3.54. The Balaban J connectivity index is 1.97. The SMILES string of the molecule is O=S(=O)(c1cc(Cl)sc1Cl)N1CCCC2CNCC21. The molecule has 0 amide bonds. The van der Waals surface area contributed by atoms with E-state index in [9.17, 15) is 8.42 Å². The lowest BCUT2D eigenvalue weighted by Crippen LogP contribution is -2.48. The van der Waals surface area contributed by atoms with Gasteiger partial charge in [-0.15, -0.1) is 11.3 Å². The molecule has 0 saturated carbocycles. The normalized spacial score (nSPS) is 28.5. The zero-order valence-electron chi connectivity index (χ0n) is 10.1. The van der Waals surface area contributed by atoms with E-state index in [0.29, 0.717) is 16.8 Å². The van der Waals surface area contributed by atoms with E-state index in [1.54, 1.807) is 4.31 Å². The van der Waals surface area contributed by atoms with Crippen LogP contribution in [0.4, 0.5) is 0 Å². The zero-order chi connectivity index (χ0) is 13.6. The van der Waals surface area contributed by atoms with Crippen molar-refractivity contribution in [2.45, 2.75) is 23.8 Å². The van der Waals surface area contributed by atoms with Gasteiger partial charge in [0.25, 0.3) is 0 Å². The number of hydrogen-bond acceptors (Lipinski definition) is 4. The molecule has 1 N–H and O–H groups in total.